The van der Waals surface area contributed by atoms with Crippen LogP contribution in [0.5, 0.6) is 0 Å². The van der Waals surface area contributed by atoms with Gasteiger partial charge in [-0.1, -0.05) is 0 Å². The average Bonchev–Trinajstić information content (AvgIpc) is 2.53. The Morgan fingerprint density at radius 1 is 1.33 bits per heavy atom. The van der Waals surface area contributed by atoms with Crippen molar-refractivity contribution in [3.63, 3.8) is 0 Å². The summed E-state index contributed by atoms with van der Waals surface area (Å²) in [6.45, 7) is 6.07. The lowest BCUT2D eigenvalue weighted by molar-refractivity contribution is 0.110. The van der Waals surface area contributed by atoms with Gasteiger partial charge in [-0.25, -0.2) is 0 Å². The third-order valence-corrected chi connectivity index (χ3v) is 4.67. The van der Waals surface area contributed by atoms with Crippen molar-refractivity contribution in [1.82, 2.24) is 9.03 Å². The van der Waals surface area contributed by atoms with Crippen molar-refractivity contribution in [2.24, 2.45) is 0 Å². The smallest absolute Gasteiger partial charge is 0.280 e. The summed E-state index contributed by atoms with van der Waals surface area (Å²) in [5, 5.41) is 9.44. The second-order valence-corrected chi connectivity index (χ2v) is 6.28. The molecule has 1 rings (SSSR count). The molecule has 1 aliphatic rings. The summed E-state index contributed by atoms with van der Waals surface area (Å²) in [6.07, 6.45) is 1.10. The zero-order valence-corrected chi connectivity index (χ0v) is 10.3. The van der Waals surface area contributed by atoms with Crippen molar-refractivity contribution < 1.29 is 13.5 Å². The first-order chi connectivity index (χ1) is 6.76. The molecular weight excluding hydrogens is 216 g/mol. The zero-order valence-electron chi connectivity index (χ0n) is 9.52. The van der Waals surface area contributed by atoms with E-state index in [1.165, 1.54) is 4.31 Å². The molecule has 90 valence electrons. The van der Waals surface area contributed by atoms with Crippen molar-refractivity contribution in [1.29, 1.82) is 0 Å². The molecule has 0 aromatic carbocycles. The maximum absolute atomic E-state index is 11.9. The molecule has 0 saturated carbocycles. The molecule has 1 heterocycles. The predicted molar refractivity (Wildman–Crippen MR) is 58.6 cm³/mol. The van der Waals surface area contributed by atoms with Gasteiger partial charge in [0.25, 0.3) is 10.2 Å². The minimum absolute atomic E-state index is 0.575. The molecule has 1 aliphatic heterocycles. The fourth-order valence-corrected chi connectivity index (χ4v) is 3.11. The standard InChI is InChI=1S/C9H20N2O3S/c1-8(12)9(2,3)10-15(13,14)11-6-4-5-7-11/h8,10,12H,4-7H2,1-3H3. The third kappa shape index (κ3) is 3.14. The lowest BCUT2D eigenvalue weighted by Crippen LogP contribution is -2.54. The van der Waals surface area contributed by atoms with Crippen molar-refractivity contribution in [3.05, 3.63) is 0 Å². The Morgan fingerprint density at radius 2 is 1.80 bits per heavy atom. The molecule has 0 aliphatic carbocycles. The van der Waals surface area contributed by atoms with E-state index in [-0.39, 0.29) is 0 Å². The summed E-state index contributed by atoms with van der Waals surface area (Å²) in [6, 6.07) is 0. The average molecular weight is 236 g/mol. The third-order valence-electron chi connectivity index (χ3n) is 2.84. The molecule has 0 aromatic heterocycles. The summed E-state index contributed by atoms with van der Waals surface area (Å²) < 4.78 is 27.7. The van der Waals surface area contributed by atoms with Crippen LogP contribution in [0.25, 0.3) is 0 Å². The summed E-state index contributed by atoms with van der Waals surface area (Å²) >= 11 is 0. The minimum Gasteiger partial charge on any atom is -0.391 e. The van der Waals surface area contributed by atoms with Crippen molar-refractivity contribution >= 4 is 10.2 Å². The van der Waals surface area contributed by atoms with Gasteiger partial charge in [0.05, 0.1) is 11.6 Å². The molecular formula is C9H20N2O3S. The van der Waals surface area contributed by atoms with E-state index in [1.54, 1.807) is 20.8 Å². The molecule has 2 N–H and O–H groups in total. The summed E-state index contributed by atoms with van der Waals surface area (Å²) in [5.74, 6) is 0. The number of hydrogen-bond acceptors (Lipinski definition) is 3. The SMILES string of the molecule is CC(O)C(C)(C)NS(=O)(=O)N1CCCC1. The van der Waals surface area contributed by atoms with Crippen LogP contribution in [0.1, 0.15) is 33.6 Å². The van der Waals surface area contributed by atoms with Crippen LogP contribution in [0.2, 0.25) is 0 Å². The number of aliphatic hydroxyl groups excluding tert-OH is 1. The Balaban J connectivity index is 2.71. The molecule has 5 nitrogen and oxygen atoms in total. The first kappa shape index (κ1) is 12.9. The Kier molecular flexibility index (Phi) is 3.76. The summed E-state index contributed by atoms with van der Waals surface area (Å²) in [7, 11) is -3.44. The van der Waals surface area contributed by atoms with E-state index in [0.717, 1.165) is 12.8 Å². The van der Waals surface area contributed by atoms with Crippen LogP contribution in [0.3, 0.4) is 0 Å². The minimum atomic E-state index is -3.44. The van der Waals surface area contributed by atoms with E-state index in [1.807, 2.05) is 0 Å². The van der Waals surface area contributed by atoms with E-state index < -0.39 is 21.9 Å². The number of rotatable bonds is 4. The largest absolute Gasteiger partial charge is 0.391 e. The highest BCUT2D eigenvalue weighted by Crippen LogP contribution is 2.16. The molecule has 0 amide bonds. The monoisotopic (exact) mass is 236 g/mol. The molecule has 1 fully saturated rings. The first-order valence-electron chi connectivity index (χ1n) is 5.23. The molecule has 0 bridgehead atoms. The number of aliphatic hydroxyl groups is 1. The number of nitrogens with one attached hydrogen (secondary N) is 1. The molecule has 15 heavy (non-hydrogen) atoms. The van der Waals surface area contributed by atoms with Gasteiger partial charge in [0.1, 0.15) is 0 Å². The number of hydrogen-bond donors (Lipinski definition) is 2. The Morgan fingerprint density at radius 3 is 2.20 bits per heavy atom. The van der Waals surface area contributed by atoms with E-state index in [4.69, 9.17) is 0 Å². The highest BCUT2D eigenvalue weighted by atomic mass is 32.2. The lowest BCUT2D eigenvalue weighted by atomic mass is 10.0. The van der Waals surface area contributed by atoms with Crippen molar-refractivity contribution in [3.8, 4) is 0 Å². The van der Waals surface area contributed by atoms with Crippen molar-refractivity contribution in [2.75, 3.05) is 13.1 Å². The van der Waals surface area contributed by atoms with Gasteiger partial charge in [0.2, 0.25) is 0 Å². The van der Waals surface area contributed by atoms with Crippen LogP contribution >= 0.6 is 0 Å². The van der Waals surface area contributed by atoms with Crippen LogP contribution in [0.4, 0.5) is 0 Å². The lowest BCUT2D eigenvalue weighted by Gasteiger charge is -2.31. The molecule has 6 heteroatoms. The summed E-state index contributed by atoms with van der Waals surface area (Å²) in [5.41, 5.74) is -0.832. The van der Waals surface area contributed by atoms with E-state index in [2.05, 4.69) is 4.72 Å². The molecule has 0 spiro atoms. The van der Waals surface area contributed by atoms with Gasteiger partial charge in [-0.15, -0.1) is 0 Å². The van der Waals surface area contributed by atoms with Gasteiger partial charge in [-0.05, 0) is 33.6 Å². The van der Waals surface area contributed by atoms with Crippen LogP contribution < -0.4 is 4.72 Å². The van der Waals surface area contributed by atoms with Crippen LogP contribution in [-0.4, -0.2) is 42.6 Å². The maximum Gasteiger partial charge on any atom is 0.280 e. The maximum atomic E-state index is 11.9. The fourth-order valence-electron chi connectivity index (χ4n) is 1.41. The molecule has 1 atom stereocenters. The van der Waals surface area contributed by atoms with Gasteiger partial charge in [0.15, 0.2) is 0 Å². The highest BCUT2D eigenvalue weighted by molar-refractivity contribution is 7.87. The van der Waals surface area contributed by atoms with Gasteiger partial charge < -0.3 is 5.11 Å². The van der Waals surface area contributed by atoms with E-state index in [9.17, 15) is 13.5 Å². The van der Waals surface area contributed by atoms with E-state index >= 15 is 0 Å². The van der Waals surface area contributed by atoms with Gasteiger partial charge >= 0.3 is 0 Å². The second kappa shape index (κ2) is 4.37. The van der Waals surface area contributed by atoms with Gasteiger partial charge in [-0.2, -0.15) is 17.4 Å². The second-order valence-electron chi connectivity index (χ2n) is 4.61. The summed E-state index contributed by atoms with van der Waals surface area (Å²) in [4.78, 5) is 0. The van der Waals surface area contributed by atoms with Crippen LogP contribution in [-0.2, 0) is 10.2 Å². The quantitative estimate of drug-likeness (QED) is 0.726. The van der Waals surface area contributed by atoms with Gasteiger partial charge in [0, 0.05) is 13.1 Å². The predicted octanol–water partition coefficient (Wildman–Crippen LogP) is 0.0760. The fraction of sp³-hybridized carbons (Fsp3) is 1.00. The highest BCUT2D eigenvalue weighted by Gasteiger charge is 2.33. The molecule has 1 saturated heterocycles. The van der Waals surface area contributed by atoms with Crippen LogP contribution in [0.15, 0.2) is 0 Å². The molecule has 0 aromatic rings. The first-order valence-corrected chi connectivity index (χ1v) is 6.67. The molecule has 1 unspecified atom stereocenters. The zero-order chi connectivity index (χ0) is 11.7. The normalized spacial score (nSPS) is 21.9. The topological polar surface area (TPSA) is 69.6 Å². The Labute approximate surface area is 91.7 Å². The number of nitrogens with zero attached hydrogens (tertiary/aromatic N) is 1. The molecule has 0 radical (unpaired) electrons. The van der Waals surface area contributed by atoms with E-state index in [0.29, 0.717) is 13.1 Å². The van der Waals surface area contributed by atoms with Crippen LogP contribution in [0, 0.1) is 0 Å². The Hall–Kier alpha value is -0.170. The Bertz CT molecular complexity index is 305. The van der Waals surface area contributed by atoms with Crippen molar-refractivity contribution in [2.45, 2.75) is 45.3 Å². The van der Waals surface area contributed by atoms with Gasteiger partial charge in [-0.3, -0.25) is 0 Å².